The van der Waals surface area contributed by atoms with Crippen LogP contribution in [0.1, 0.15) is 33.3 Å². The molecule has 0 heterocycles. The zero-order valence-corrected chi connectivity index (χ0v) is 17.5. The average Bonchev–Trinajstić information content (AvgIpc) is 2.53. The molecule has 1 aromatic carbocycles. The van der Waals surface area contributed by atoms with Gasteiger partial charge >= 0.3 is 0 Å². The first-order chi connectivity index (χ1) is 12.4. The second-order valence-corrected chi connectivity index (χ2v) is 8.15. The van der Waals surface area contributed by atoms with E-state index < -0.39 is 6.04 Å². The van der Waals surface area contributed by atoms with E-state index >= 15 is 0 Å². The molecule has 1 rings (SSSR count). The van der Waals surface area contributed by atoms with Crippen molar-refractivity contribution in [2.75, 3.05) is 32.5 Å². The van der Waals surface area contributed by atoms with Crippen LogP contribution in [0, 0.1) is 6.92 Å². The molecular formula is C20H33N4O3+. The lowest BCUT2D eigenvalue weighted by atomic mass is 10.1. The third kappa shape index (κ3) is 8.21. The van der Waals surface area contributed by atoms with Crippen LogP contribution in [0.5, 0.6) is 0 Å². The molecule has 3 amide bonds. The van der Waals surface area contributed by atoms with Crippen molar-refractivity contribution in [1.29, 1.82) is 0 Å². The molecule has 0 aliphatic rings. The Balaban J connectivity index is 2.54. The number of hydrogen-bond donors (Lipinski definition) is 3. The third-order valence-electron chi connectivity index (χ3n) is 4.16. The highest BCUT2D eigenvalue weighted by Crippen LogP contribution is 2.08. The first kappa shape index (κ1) is 22.6. The van der Waals surface area contributed by atoms with Crippen molar-refractivity contribution in [3.8, 4) is 0 Å². The Bertz CT molecular complexity index is 665. The lowest BCUT2D eigenvalue weighted by Crippen LogP contribution is -3.15. The highest BCUT2D eigenvalue weighted by molar-refractivity contribution is 5.95. The van der Waals surface area contributed by atoms with Crippen LogP contribution >= 0.6 is 0 Å². The number of benzene rings is 1. The molecule has 0 radical (unpaired) electrons. The number of amides is 3. The molecule has 1 aromatic rings. The molecule has 0 saturated carbocycles. The second kappa shape index (κ2) is 9.50. The molecule has 27 heavy (non-hydrogen) atoms. The lowest BCUT2D eigenvalue weighted by molar-refractivity contribution is -0.886. The van der Waals surface area contributed by atoms with Gasteiger partial charge in [-0.05, 0) is 46.8 Å². The van der Waals surface area contributed by atoms with E-state index in [0.717, 1.165) is 10.5 Å². The summed E-state index contributed by atoms with van der Waals surface area (Å²) in [7, 11) is 3.39. The van der Waals surface area contributed by atoms with E-state index in [0.29, 0.717) is 5.69 Å². The number of anilines is 1. The van der Waals surface area contributed by atoms with Gasteiger partial charge in [-0.2, -0.15) is 0 Å². The van der Waals surface area contributed by atoms with Gasteiger partial charge in [-0.3, -0.25) is 14.4 Å². The lowest BCUT2D eigenvalue weighted by Gasteiger charge is -2.26. The predicted molar refractivity (Wildman–Crippen MR) is 107 cm³/mol. The zero-order chi connectivity index (χ0) is 20.8. The molecule has 0 aliphatic heterocycles. The summed E-state index contributed by atoms with van der Waals surface area (Å²) in [4.78, 5) is 38.9. The maximum absolute atomic E-state index is 12.6. The number of nitrogens with zero attached hydrogens (tertiary/aromatic N) is 1. The molecule has 3 N–H and O–H groups in total. The third-order valence-corrected chi connectivity index (χ3v) is 4.16. The van der Waals surface area contributed by atoms with Crippen molar-refractivity contribution >= 4 is 23.4 Å². The van der Waals surface area contributed by atoms with Crippen LogP contribution in [0.15, 0.2) is 24.3 Å². The first-order valence-electron chi connectivity index (χ1n) is 9.14. The van der Waals surface area contributed by atoms with Crippen LogP contribution < -0.4 is 15.5 Å². The molecule has 150 valence electrons. The Morgan fingerprint density at radius 1 is 1.11 bits per heavy atom. The van der Waals surface area contributed by atoms with Gasteiger partial charge in [0.25, 0.3) is 11.8 Å². The minimum absolute atomic E-state index is 0.0431. The summed E-state index contributed by atoms with van der Waals surface area (Å²) in [6.45, 7) is 9.61. The van der Waals surface area contributed by atoms with Gasteiger partial charge in [-0.25, -0.2) is 0 Å². The number of carbonyl (C=O) groups excluding carboxylic acids is 3. The SMILES string of the molecule is Cc1ccc(NC(=O)CN(C)C(=O)[C@@H](C)[NH+](C)CC(=O)NC(C)(C)C)cc1. The van der Waals surface area contributed by atoms with Crippen molar-refractivity contribution in [3.05, 3.63) is 29.8 Å². The van der Waals surface area contributed by atoms with Crippen LogP contribution in [-0.2, 0) is 14.4 Å². The van der Waals surface area contributed by atoms with Crippen molar-refractivity contribution < 1.29 is 19.3 Å². The number of carbonyl (C=O) groups is 3. The first-order valence-corrected chi connectivity index (χ1v) is 9.14. The smallest absolute Gasteiger partial charge is 0.280 e. The summed E-state index contributed by atoms with van der Waals surface area (Å²) in [6.07, 6.45) is 0. The summed E-state index contributed by atoms with van der Waals surface area (Å²) in [5, 5.41) is 5.66. The molecule has 0 fully saturated rings. The predicted octanol–water partition coefficient (Wildman–Crippen LogP) is 0.210. The summed E-state index contributed by atoms with van der Waals surface area (Å²) in [6, 6.07) is 7.03. The highest BCUT2D eigenvalue weighted by atomic mass is 16.2. The van der Waals surface area contributed by atoms with Crippen LogP contribution in [-0.4, -0.2) is 61.4 Å². The zero-order valence-electron chi connectivity index (χ0n) is 17.5. The minimum atomic E-state index is -0.437. The second-order valence-electron chi connectivity index (χ2n) is 8.15. The maximum Gasteiger partial charge on any atom is 0.280 e. The van der Waals surface area contributed by atoms with E-state index in [1.807, 2.05) is 52.0 Å². The van der Waals surface area contributed by atoms with E-state index in [4.69, 9.17) is 0 Å². The number of rotatable bonds is 7. The van der Waals surface area contributed by atoms with Crippen LogP contribution in [0.2, 0.25) is 0 Å². The van der Waals surface area contributed by atoms with Gasteiger partial charge in [-0.1, -0.05) is 17.7 Å². The van der Waals surface area contributed by atoms with Crippen molar-refractivity contribution in [1.82, 2.24) is 10.2 Å². The number of quaternary nitrogens is 1. The van der Waals surface area contributed by atoms with E-state index in [9.17, 15) is 14.4 Å². The van der Waals surface area contributed by atoms with Gasteiger partial charge in [0.15, 0.2) is 12.6 Å². The van der Waals surface area contributed by atoms with E-state index in [2.05, 4.69) is 10.6 Å². The monoisotopic (exact) mass is 377 g/mol. The van der Waals surface area contributed by atoms with Crippen molar-refractivity contribution in [2.24, 2.45) is 0 Å². The fourth-order valence-corrected chi connectivity index (χ4v) is 2.54. The number of hydrogen-bond acceptors (Lipinski definition) is 3. The van der Waals surface area contributed by atoms with Gasteiger partial charge in [0, 0.05) is 18.3 Å². The molecule has 1 unspecified atom stereocenters. The fraction of sp³-hybridized carbons (Fsp3) is 0.550. The van der Waals surface area contributed by atoms with Crippen LogP contribution in [0.3, 0.4) is 0 Å². The van der Waals surface area contributed by atoms with Crippen LogP contribution in [0.4, 0.5) is 5.69 Å². The van der Waals surface area contributed by atoms with Crippen LogP contribution in [0.25, 0.3) is 0 Å². The Labute approximate surface area is 162 Å². The Kier molecular flexibility index (Phi) is 7.97. The van der Waals surface area contributed by atoms with Gasteiger partial charge in [0.1, 0.15) is 0 Å². The summed E-state index contributed by atoms with van der Waals surface area (Å²) in [5.74, 6) is -0.556. The standard InChI is InChI=1S/C20H32N4O3/c1-14-8-10-16(11-9-14)21-17(25)12-24(7)19(27)15(2)23(6)13-18(26)22-20(3,4)5/h8-11,15H,12-13H2,1-7H3,(H,21,25)(H,22,26)/p+1/t15-/m1/s1. The summed E-state index contributed by atoms with van der Waals surface area (Å²) >= 11 is 0. The highest BCUT2D eigenvalue weighted by Gasteiger charge is 2.28. The average molecular weight is 378 g/mol. The van der Waals surface area contributed by atoms with Gasteiger partial charge < -0.3 is 20.4 Å². The maximum atomic E-state index is 12.6. The van der Waals surface area contributed by atoms with Gasteiger partial charge in [0.2, 0.25) is 5.91 Å². The van der Waals surface area contributed by atoms with E-state index in [1.54, 1.807) is 21.0 Å². The van der Waals surface area contributed by atoms with Gasteiger partial charge in [0.05, 0.1) is 13.6 Å². The summed E-state index contributed by atoms with van der Waals surface area (Å²) < 4.78 is 0. The molecule has 0 spiro atoms. The fourth-order valence-electron chi connectivity index (χ4n) is 2.54. The Morgan fingerprint density at radius 3 is 2.19 bits per heavy atom. The van der Waals surface area contributed by atoms with E-state index in [-0.39, 0.29) is 36.3 Å². The molecule has 7 heteroatoms. The number of nitrogens with one attached hydrogen (secondary N) is 3. The van der Waals surface area contributed by atoms with E-state index in [1.165, 1.54) is 4.90 Å². The van der Waals surface area contributed by atoms with Crippen molar-refractivity contribution in [2.45, 2.75) is 46.2 Å². The largest absolute Gasteiger partial charge is 0.347 e. The quantitative estimate of drug-likeness (QED) is 0.635. The molecule has 2 atom stereocenters. The normalized spacial score (nSPS) is 13.4. The molecule has 7 nitrogen and oxygen atoms in total. The molecule has 0 saturated heterocycles. The molecule has 0 bridgehead atoms. The Morgan fingerprint density at radius 2 is 1.67 bits per heavy atom. The van der Waals surface area contributed by atoms with Crippen molar-refractivity contribution in [3.63, 3.8) is 0 Å². The number of likely N-dealkylation sites (N-methyl/N-ethyl adjacent to an activating group) is 2. The molecule has 0 aliphatic carbocycles. The minimum Gasteiger partial charge on any atom is -0.347 e. The Hall–Kier alpha value is -2.41. The van der Waals surface area contributed by atoms with Gasteiger partial charge in [-0.15, -0.1) is 0 Å². The molecular weight excluding hydrogens is 344 g/mol. The topological polar surface area (TPSA) is 83.0 Å². The summed E-state index contributed by atoms with van der Waals surface area (Å²) in [5.41, 5.74) is 1.49. The number of aryl methyl sites for hydroxylation is 1. The molecule has 0 aromatic heterocycles.